The second kappa shape index (κ2) is 4.89. The number of halogens is 3. The summed E-state index contributed by atoms with van der Waals surface area (Å²) in [7, 11) is 0. The lowest BCUT2D eigenvalue weighted by atomic mass is 10.3. The van der Waals surface area contributed by atoms with Crippen LogP contribution in [0, 0.1) is 5.82 Å². The molecule has 0 amide bonds. The van der Waals surface area contributed by atoms with Crippen molar-refractivity contribution in [2.45, 2.75) is 6.54 Å². The fourth-order valence-electron chi connectivity index (χ4n) is 1.24. The molecule has 1 aromatic heterocycles. The Labute approximate surface area is 106 Å². The second-order valence-electron chi connectivity index (χ2n) is 3.17. The SMILES string of the molecule is Fc1ccc(NCc2occc2Br)cc1Cl. The highest BCUT2D eigenvalue weighted by atomic mass is 79.9. The Morgan fingerprint density at radius 3 is 2.81 bits per heavy atom. The first kappa shape index (κ1) is 11.5. The molecule has 84 valence electrons. The van der Waals surface area contributed by atoms with E-state index in [-0.39, 0.29) is 5.02 Å². The van der Waals surface area contributed by atoms with E-state index in [2.05, 4.69) is 21.2 Å². The van der Waals surface area contributed by atoms with Crippen LogP contribution in [0.2, 0.25) is 5.02 Å². The molecule has 5 heteroatoms. The van der Waals surface area contributed by atoms with Crippen molar-refractivity contribution >= 4 is 33.2 Å². The van der Waals surface area contributed by atoms with Crippen molar-refractivity contribution in [2.75, 3.05) is 5.32 Å². The predicted molar refractivity (Wildman–Crippen MR) is 65.1 cm³/mol. The van der Waals surface area contributed by atoms with Crippen molar-refractivity contribution in [1.82, 2.24) is 0 Å². The second-order valence-corrected chi connectivity index (χ2v) is 4.44. The highest BCUT2D eigenvalue weighted by molar-refractivity contribution is 9.10. The van der Waals surface area contributed by atoms with Gasteiger partial charge < -0.3 is 9.73 Å². The topological polar surface area (TPSA) is 25.2 Å². The van der Waals surface area contributed by atoms with E-state index in [4.69, 9.17) is 16.0 Å². The molecule has 0 atom stereocenters. The number of anilines is 1. The van der Waals surface area contributed by atoms with Crippen molar-refractivity contribution in [3.05, 3.63) is 51.6 Å². The zero-order valence-electron chi connectivity index (χ0n) is 8.14. The van der Waals surface area contributed by atoms with Crippen LogP contribution in [0.3, 0.4) is 0 Å². The molecule has 0 fully saturated rings. The van der Waals surface area contributed by atoms with Gasteiger partial charge in [0.2, 0.25) is 0 Å². The van der Waals surface area contributed by atoms with Gasteiger partial charge in [-0.25, -0.2) is 4.39 Å². The third kappa shape index (κ3) is 2.57. The minimum atomic E-state index is -0.425. The molecule has 0 bridgehead atoms. The molecule has 2 aromatic rings. The van der Waals surface area contributed by atoms with Crippen LogP contribution in [0.4, 0.5) is 10.1 Å². The van der Waals surface area contributed by atoms with Gasteiger partial charge in [-0.3, -0.25) is 0 Å². The quantitative estimate of drug-likeness (QED) is 0.906. The minimum absolute atomic E-state index is 0.100. The molecule has 0 radical (unpaired) electrons. The number of hydrogen-bond acceptors (Lipinski definition) is 2. The van der Waals surface area contributed by atoms with E-state index in [0.29, 0.717) is 6.54 Å². The molecule has 0 spiro atoms. The summed E-state index contributed by atoms with van der Waals surface area (Å²) in [5, 5.41) is 3.18. The zero-order valence-corrected chi connectivity index (χ0v) is 10.5. The van der Waals surface area contributed by atoms with Crippen LogP contribution in [-0.2, 0) is 6.54 Å². The molecule has 1 heterocycles. The maximum absolute atomic E-state index is 12.9. The summed E-state index contributed by atoms with van der Waals surface area (Å²) in [5.74, 6) is 0.354. The lowest BCUT2D eigenvalue weighted by Crippen LogP contribution is -1.98. The van der Waals surface area contributed by atoms with E-state index in [0.717, 1.165) is 15.9 Å². The van der Waals surface area contributed by atoms with Crippen molar-refractivity contribution in [3.63, 3.8) is 0 Å². The lowest BCUT2D eigenvalue weighted by Gasteiger charge is -2.05. The van der Waals surface area contributed by atoms with E-state index in [1.807, 2.05) is 6.07 Å². The van der Waals surface area contributed by atoms with Gasteiger partial charge in [-0.2, -0.15) is 0 Å². The van der Waals surface area contributed by atoms with Gasteiger partial charge in [-0.15, -0.1) is 0 Å². The Balaban J connectivity index is 2.05. The minimum Gasteiger partial charge on any atom is -0.466 e. The van der Waals surface area contributed by atoms with Crippen molar-refractivity contribution in [1.29, 1.82) is 0 Å². The van der Waals surface area contributed by atoms with Gasteiger partial charge in [0.25, 0.3) is 0 Å². The van der Waals surface area contributed by atoms with Crippen LogP contribution in [0.15, 0.2) is 39.4 Å². The molecule has 0 aliphatic carbocycles. The number of hydrogen-bond donors (Lipinski definition) is 1. The largest absolute Gasteiger partial charge is 0.466 e. The molecule has 2 rings (SSSR count). The van der Waals surface area contributed by atoms with E-state index in [9.17, 15) is 4.39 Å². The average molecular weight is 305 g/mol. The molecular formula is C11H8BrClFNO. The number of furan rings is 1. The van der Waals surface area contributed by atoms with Crippen LogP contribution in [0.25, 0.3) is 0 Å². The monoisotopic (exact) mass is 303 g/mol. The predicted octanol–water partition coefficient (Wildman–Crippen LogP) is 4.45. The van der Waals surface area contributed by atoms with Crippen molar-refractivity contribution in [3.8, 4) is 0 Å². The van der Waals surface area contributed by atoms with Crippen LogP contribution in [0.1, 0.15) is 5.76 Å². The van der Waals surface area contributed by atoms with Crippen LogP contribution in [-0.4, -0.2) is 0 Å². The van der Waals surface area contributed by atoms with Crippen molar-refractivity contribution < 1.29 is 8.81 Å². The molecule has 1 N–H and O–H groups in total. The summed E-state index contributed by atoms with van der Waals surface area (Å²) in [6.07, 6.45) is 1.60. The Morgan fingerprint density at radius 1 is 1.38 bits per heavy atom. The highest BCUT2D eigenvalue weighted by Gasteiger charge is 2.04. The van der Waals surface area contributed by atoms with Gasteiger partial charge in [0, 0.05) is 5.69 Å². The maximum Gasteiger partial charge on any atom is 0.141 e. The number of nitrogens with one attached hydrogen (secondary N) is 1. The summed E-state index contributed by atoms with van der Waals surface area (Å²) in [5.41, 5.74) is 0.745. The summed E-state index contributed by atoms with van der Waals surface area (Å²) in [6, 6.07) is 6.29. The summed E-state index contributed by atoms with van der Waals surface area (Å²) < 4.78 is 19.0. The van der Waals surface area contributed by atoms with Crippen LogP contribution < -0.4 is 5.32 Å². The van der Waals surface area contributed by atoms with Gasteiger partial charge in [-0.05, 0) is 40.2 Å². The van der Waals surface area contributed by atoms with Crippen LogP contribution in [0.5, 0.6) is 0 Å². The van der Waals surface area contributed by atoms with E-state index < -0.39 is 5.82 Å². The molecule has 0 saturated heterocycles. The van der Waals surface area contributed by atoms with E-state index in [1.54, 1.807) is 12.3 Å². The fraction of sp³-hybridized carbons (Fsp3) is 0.0909. The summed E-state index contributed by atoms with van der Waals surface area (Å²) in [6.45, 7) is 0.509. The third-order valence-electron chi connectivity index (χ3n) is 2.06. The Morgan fingerprint density at radius 2 is 2.19 bits per heavy atom. The Bertz CT molecular complexity index is 500. The van der Waals surface area contributed by atoms with Crippen LogP contribution >= 0.6 is 27.5 Å². The highest BCUT2D eigenvalue weighted by Crippen LogP contribution is 2.22. The zero-order chi connectivity index (χ0) is 11.5. The fourth-order valence-corrected chi connectivity index (χ4v) is 1.76. The summed E-state index contributed by atoms with van der Waals surface area (Å²) in [4.78, 5) is 0. The normalized spacial score (nSPS) is 10.4. The first-order valence-corrected chi connectivity index (χ1v) is 5.74. The summed E-state index contributed by atoms with van der Waals surface area (Å²) >= 11 is 9.00. The number of rotatable bonds is 3. The Hall–Kier alpha value is -1.000. The third-order valence-corrected chi connectivity index (χ3v) is 3.06. The average Bonchev–Trinajstić information content (AvgIpc) is 2.66. The molecule has 16 heavy (non-hydrogen) atoms. The molecule has 0 unspecified atom stereocenters. The number of benzene rings is 1. The molecular weight excluding hydrogens is 296 g/mol. The first-order chi connectivity index (χ1) is 7.66. The van der Waals surface area contributed by atoms with Crippen molar-refractivity contribution in [2.24, 2.45) is 0 Å². The van der Waals surface area contributed by atoms with E-state index >= 15 is 0 Å². The van der Waals surface area contributed by atoms with Gasteiger partial charge >= 0.3 is 0 Å². The van der Waals surface area contributed by atoms with Gasteiger partial charge in [0.05, 0.1) is 22.3 Å². The molecule has 0 aliphatic heterocycles. The standard InChI is InChI=1S/C11H8BrClFNO/c12-8-3-4-16-11(8)6-15-7-1-2-10(14)9(13)5-7/h1-5,15H,6H2. The Kier molecular flexibility index (Phi) is 3.51. The van der Waals surface area contributed by atoms with Gasteiger partial charge in [-0.1, -0.05) is 11.6 Å². The smallest absolute Gasteiger partial charge is 0.141 e. The molecule has 1 aromatic carbocycles. The molecule has 0 aliphatic rings. The maximum atomic E-state index is 12.9. The molecule has 2 nitrogen and oxygen atoms in total. The van der Waals surface area contributed by atoms with Gasteiger partial charge in [0.15, 0.2) is 0 Å². The lowest BCUT2D eigenvalue weighted by molar-refractivity contribution is 0.516. The first-order valence-electron chi connectivity index (χ1n) is 4.57. The molecule has 0 saturated carbocycles. The van der Waals surface area contributed by atoms with Gasteiger partial charge in [0.1, 0.15) is 11.6 Å². The van der Waals surface area contributed by atoms with E-state index in [1.165, 1.54) is 12.1 Å².